The van der Waals surface area contributed by atoms with Gasteiger partial charge in [0.05, 0.1) is 4.92 Å². The van der Waals surface area contributed by atoms with E-state index in [0.29, 0.717) is 0 Å². The van der Waals surface area contributed by atoms with Crippen LogP contribution in [-0.4, -0.2) is 16.3 Å². The molecule has 0 aliphatic rings. The van der Waals surface area contributed by atoms with E-state index in [-0.39, 0.29) is 5.69 Å². The van der Waals surface area contributed by atoms with Crippen LogP contribution in [0.3, 0.4) is 0 Å². The summed E-state index contributed by atoms with van der Waals surface area (Å²) in [6.07, 6.45) is -5.08. The molecule has 1 aromatic heterocycles. The minimum absolute atomic E-state index is 0.0758. The second-order valence-corrected chi connectivity index (χ2v) is 3.01. The summed E-state index contributed by atoms with van der Waals surface area (Å²) < 4.78 is 51.9. The Morgan fingerprint density at radius 2 is 2.12 bits per heavy atom. The van der Waals surface area contributed by atoms with Crippen LogP contribution in [0.5, 0.6) is 5.88 Å². The largest absolute Gasteiger partial charge is 0.574 e. The van der Waals surface area contributed by atoms with Gasteiger partial charge in [-0.25, -0.2) is 9.37 Å². The Bertz CT molecular complexity index is 447. The van der Waals surface area contributed by atoms with Crippen molar-refractivity contribution in [3.63, 3.8) is 0 Å². The lowest BCUT2D eigenvalue weighted by molar-refractivity contribution is -0.386. The number of ether oxygens (including phenoxy) is 1. The number of hydrogen-bond acceptors (Lipinski definition) is 4. The normalized spacial score (nSPS) is 11.4. The molecule has 0 saturated carbocycles. The summed E-state index contributed by atoms with van der Waals surface area (Å²) in [7, 11) is 0. The van der Waals surface area contributed by atoms with Gasteiger partial charge in [-0.15, -0.1) is 13.2 Å². The first-order valence-electron chi connectivity index (χ1n) is 4.21. The third-order valence-corrected chi connectivity index (χ3v) is 1.73. The van der Waals surface area contributed by atoms with Gasteiger partial charge in [-0.05, 0) is 6.92 Å². The Morgan fingerprint density at radius 1 is 1.53 bits per heavy atom. The van der Waals surface area contributed by atoms with Gasteiger partial charge in [0.15, 0.2) is 0 Å². The summed E-state index contributed by atoms with van der Waals surface area (Å²) in [6.45, 7) is -0.243. The summed E-state index contributed by atoms with van der Waals surface area (Å²) in [5.41, 5.74) is -1.70. The molecule has 17 heavy (non-hydrogen) atoms. The molecule has 0 spiro atoms. The minimum atomic E-state index is -5.08. The highest BCUT2D eigenvalue weighted by molar-refractivity contribution is 5.46. The fourth-order valence-electron chi connectivity index (χ4n) is 1.14. The molecule has 0 bridgehead atoms. The zero-order valence-corrected chi connectivity index (χ0v) is 8.42. The quantitative estimate of drug-likeness (QED) is 0.472. The van der Waals surface area contributed by atoms with Crippen LogP contribution >= 0.6 is 0 Å². The van der Waals surface area contributed by atoms with Crippen molar-refractivity contribution in [1.82, 2.24) is 4.98 Å². The fraction of sp³-hybridized carbons (Fsp3) is 0.375. The van der Waals surface area contributed by atoms with Crippen molar-refractivity contribution in [3.05, 3.63) is 27.4 Å². The van der Waals surface area contributed by atoms with Crippen LogP contribution < -0.4 is 4.74 Å². The monoisotopic (exact) mass is 254 g/mol. The predicted molar refractivity (Wildman–Crippen MR) is 47.1 cm³/mol. The van der Waals surface area contributed by atoms with Crippen LogP contribution in [-0.2, 0) is 6.67 Å². The van der Waals surface area contributed by atoms with E-state index in [2.05, 4.69) is 9.72 Å². The van der Waals surface area contributed by atoms with E-state index in [1.807, 2.05) is 0 Å². The Labute approximate surface area is 92.2 Å². The van der Waals surface area contributed by atoms with Crippen molar-refractivity contribution in [2.24, 2.45) is 0 Å². The Hall–Kier alpha value is -1.93. The number of nitrogens with zero attached hydrogens (tertiary/aromatic N) is 2. The van der Waals surface area contributed by atoms with Crippen LogP contribution in [0.1, 0.15) is 11.3 Å². The number of aryl methyl sites for hydroxylation is 1. The van der Waals surface area contributed by atoms with Crippen molar-refractivity contribution in [2.45, 2.75) is 20.0 Å². The maximum absolute atomic E-state index is 12.5. The van der Waals surface area contributed by atoms with Crippen molar-refractivity contribution in [3.8, 4) is 5.88 Å². The Kier molecular flexibility index (Phi) is 3.49. The molecule has 94 valence electrons. The molecule has 1 rings (SSSR count). The summed E-state index contributed by atoms with van der Waals surface area (Å²) >= 11 is 0. The first-order valence-corrected chi connectivity index (χ1v) is 4.21. The lowest BCUT2D eigenvalue weighted by atomic mass is 10.2. The highest BCUT2D eigenvalue weighted by atomic mass is 19.4. The molecule has 5 nitrogen and oxygen atoms in total. The number of alkyl halides is 4. The topological polar surface area (TPSA) is 65.3 Å². The van der Waals surface area contributed by atoms with E-state index >= 15 is 0 Å². The number of rotatable bonds is 3. The maximum atomic E-state index is 12.5. The van der Waals surface area contributed by atoms with Gasteiger partial charge in [-0.2, -0.15) is 0 Å². The second kappa shape index (κ2) is 4.52. The van der Waals surface area contributed by atoms with E-state index in [1.54, 1.807) is 0 Å². The number of pyridine rings is 1. The molecule has 1 aromatic rings. The molecule has 0 aliphatic carbocycles. The van der Waals surface area contributed by atoms with E-state index < -0.39 is 35.1 Å². The zero-order chi connectivity index (χ0) is 13.2. The molecule has 9 heteroatoms. The van der Waals surface area contributed by atoms with Gasteiger partial charge in [-0.3, -0.25) is 10.1 Å². The lowest BCUT2D eigenvalue weighted by Gasteiger charge is -2.11. The van der Waals surface area contributed by atoms with Gasteiger partial charge in [0, 0.05) is 11.8 Å². The predicted octanol–water partition coefficient (Wildman–Crippen LogP) is 2.67. The van der Waals surface area contributed by atoms with E-state index in [4.69, 9.17) is 0 Å². The molecule has 0 amide bonds. The number of nitro groups is 1. The Balaban J connectivity index is 3.33. The van der Waals surface area contributed by atoms with Gasteiger partial charge < -0.3 is 4.74 Å². The molecule has 0 fully saturated rings. The van der Waals surface area contributed by atoms with Crippen molar-refractivity contribution < 1.29 is 27.2 Å². The lowest BCUT2D eigenvalue weighted by Crippen LogP contribution is -2.19. The van der Waals surface area contributed by atoms with Crippen LogP contribution in [0.15, 0.2) is 6.07 Å². The van der Waals surface area contributed by atoms with Gasteiger partial charge >= 0.3 is 6.36 Å². The summed E-state index contributed by atoms with van der Waals surface area (Å²) in [4.78, 5) is 12.8. The van der Waals surface area contributed by atoms with Gasteiger partial charge in [0.25, 0.3) is 5.69 Å². The van der Waals surface area contributed by atoms with Gasteiger partial charge in [0.1, 0.15) is 12.2 Å². The molecule has 0 atom stereocenters. The molecule has 0 aliphatic heterocycles. The van der Waals surface area contributed by atoms with Crippen molar-refractivity contribution in [2.75, 3.05) is 0 Å². The van der Waals surface area contributed by atoms with Crippen LogP contribution in [0, 0.1) is 17.0 Å². The van der Waals surface area contributed by atoms with Crippen molar-refractivity contribution >= 4 is 5.69 Å². The molecule has 0 aromatic carbocycles. The molecule has 0 saturated heterocycles. The molecule has 0 N–H and O–H groups in total. The maximum Gasteiger partial charge on any atom is 0.574 e. The molecular weight excluding hydrogens is 248 g/mol. The van der Waals surface area contributed by atoms with Crippen LogP contribution in [0.4, 0.5) is 23.2 Å². The van der Waals surface area contributed by atoms with Crippen LogP contribution in [0.25, 0.3) is 0 Å². The second-order valence-electron chi connectivity index (χ2n) is 3.01. The molecule has 0 unspecified atom stereocenters. The number of hydrogen-bond donors (Lipinski definition) is 0. The first kappa shape index (κ1) is 13.1. The fourth-order valence-corrected chi connectivity index (χ4v) is 1.14. The van der Waals surface area contributed by atoms with E-state index in [9.17, 15) is 27.7 Å². The van der Waals surface area contributed by atoms with Crippen LogP contribution in [0.2, 0.25) is 0 Å². The SMILES string of the molecule is Cc1cc([N+](=O)[O-])c(CF)c(OC(F)(F)F)n1. The summed E-state index contributed by atoms with van der Waals surface area (Å²) in [5, 5.41) is 10.5. The summed E-state index contributed by atoms with van der Waals surface area (Å²) in [5.74, 6) is -1.13. The Morgan fingerprint density at radius 3 is 2.53 bits per heavy atom. The smallest absolute Gasteiger partial charge is 0.387 e. The number of halogens is 4. The average molecular weight is 254 g/mol. The first-order chi connectivity index (χ1) is 7.74. The molecular formula is C8H6F4N2O3. The summed E-state index contributed by atoms with van der Waals surface area (Å²) in [6, 6.07) is 0.873. The van der Waals surface area contributed by atoms with E-state index in [0.717, 1.165) is 6.07 Å². The van der Waals surface area contributed by atoms with E-state index in [1.165, 1.54) is 6.92 Å². The van der Waals surface area contributed by atoms with Gasteiger partial charge in [-0.1, -0.05) is 0 Å². The third-order valence-electron chi connectivity index (χ3n) is 1.73. The number of aromatic nitrogens is 1. The van der Waals surface area contributed by atoms with Gasteiger partial charge in [0.2, 0.25) is 5.88 Å². The highest BCUT2D eigenvalue weighted by Gasteiger charge is 2.35. The van der Waals surface area contributed by atoms with Crippen molar-refractivity contribution in [1.29, 1.82) is 0 Å². The molecule has 1 heterocycles. The third kappa shape index (κ3) is 3.26. The molecule has 0 radical (unpaired) electrons. The minimum Gasteiger partial charge on any atom is -0.387 e. The standard InChI is InChI=1S/C8H6F4N2O3/c1-4-2-6(14(15)16)5(3-9)7(13-4)17-8(10,11)12/h2H,3H2,1H3. The highest BCUT2D eigenvalue weighted by Crippen LogP contribution is 2.32. The average Bonchev–Trinajstić information content (AvgIpc) is 2.14. The zero-order valence-electron chi connectivity index (χ0n) is 8.42.